The number of amides is 2. The zero-order valence-corrected chi connectivity index (χ0v) is 11.4. The van der Waals surface area contributed by atoms with Crippen LogP contribution in [0.5, 0.6) is 0 Å². The summed E-state index contributed by atoms with van der Waals surface area (Å²) in [6, 6.07) is -0.798. The minimum absolute atomic E-state index is 0.0648. The van der Waals surface area contributed by atoms with Gasteiger partial charge in [-0.25, -0.2) is 9.80 Å². The molecule has 0 aliphatic carbocycles. The fourth-order valence-corrected chi connectivity index (χ4v) is 2.39. The monoisotopic (exact) mass is 283 g/mol. The van der Waals surface area contributed by atoms with Crippen LogP contribution < -0.4 is 0 Å². The minimum Gasteiger partial charge on any atom is -0.467 e. The third-order valence-electron chi connectivity index (χ3n) is 3.47. The number of carbonyl (C=O) groups excluding carboxylic acids is 3. The number of hydrazone groups is 1. The van der Waals surface area contributed by atoms with Gasteiger partial charge in [0.2, 0.25) is 5.91 Å². The molecular weight excluding hydrogens is 266 g/mol. The van der Waals surface area contributed by atoms with Gasteiger partial charge in [0.25, 0.3) is 5.91 Å². The predicted molar refractivity (Wildman–Crippen MR) is 67.6 cm³/mol. The second-order valence-electron chi connectivity index (χ2n) is 4.85. The van der Waals surface area contributed by atoms with Gasteiger partial charge in [-0.15, -0.1) is 0 Å². The van der Waals surface area contributed by atoms with E-state index in [0.29, 0.717) is 0 Å². The standard InChI is InChI=1S/C12H17N3O5/c1-14-10(17)4-3-8(13-14)11(18)15-6-7(16)5-9(15)12(19)20-2/h7,9,16H,3-6H2,1-2H3. The van der Waals surface area contributed by atoms with E-state index in [2.05, 4.69) is 9.84 Å². The van der Waals surface area contributed by atoms with Crippen molar-refractivity contribution in [2.75, 3.05) is 20.7 Å². The third-order valence-corrected chi connectivity index (χ3v) is 3.47. The zero-order chi connectivity index (χ0) is 14.9. The largest absolute Gasteiger partial charge is 0.467 e. The molecule has 8 nitrogen and oxygen atoms in total. The van der Waals surface area contributed by atoms with Gasteiger partial charge in [0.1, 0.15) is 11.8 Å². The van der Waals surface area contributed by atoms with E-state index in [0.717, 1.165) is 5.01 Å². The topological polar surface area (TPSA) is 99.5 Å². The average molecular weight is 283 g/mol. The molecule has 0 aromatic rings. The summed E-state index contributed by atoms with van der Waals surface area (Å²) >= 11 is 0. The van der Waals surface area contributed by atoms with Gasteiger partial charge >= 0.3 is 5.97 Å². The Kier molecular flexibility index (Phi) is 4.03. The summed E-state index contributed by atoms with van der Waals surface area (Å²) in [5.74, 6) is -1.15. The number of aliphatic hydroxyl groups is 1. The van der Waals surface area contributed by atoms with Crippen LogP contribution in [0, 0.1) is 0 Å². The van der Waals surface area contributed by atoms with Gasteiger partial charge in [0.15, 0.2) is 0 Å². The first-order valence-corrected chi connectivity index (χ1v) is 6.35. The molecule has 0 saturated carbocycles. The number of hydrogen-bond acceptors (Lipinski definition) is 6. The average Bonchev–Trinajstić information content (AvgIpc) is 2.82. The van der Waals surface area contributed by atoms with Crippen LogP contribution in [-0.4, -0.2) is 71.4 Å². The quantitative estimate of drug-likeness (QED) is 0.637. The molecule has 0 bridgehead atoms. The summed E-state index contributed by atoms with van der Waals surface area (Å²) in [6.07, 6.45) is -0.157. The highest BCUT2D eigenvalue weighted by molar-refractivity contribution is 6.39. The van der Waals surface area contributed by atoms with Crippen molar-refractivity contribution in [1.29, 1.82) is 0 Å². The molecule has 1 fully saturated rings. The molecule has 2 atom stereocenters. The van der Waals surface area contributed by atoms with Gasteiger partial charge in [-0.2, -0.15) is 5.10 Å². The molecule has 0 aromatic carbocycles. The molecule has 0 aromatic heterocycles. The number of nitrogens with zero attached hydrogens (tertiary/aromatic N) is 3. The van der Waals surface area contributed by atoms with E-state index >= 15 is 0 Å². The molecule has 110 valence electrons. The molecule has 2 amide bonds. The number of esters is 1. The summed E-state index contributed by atoms with van der Waals surface area (Å²) in [7, 11) is 2.71. The second-order valence-corrected chi connectivity index (χ2v) is 4.85. The Balaban J connectivity index is 2.17. The Bertz CT molecular complexity index is 476. The molecular formula is C12H17N3O5. The van der Waals surface area contributed by atoms with Crippen molar-refractivity contribution >= 4 is 23.5 Å². The Morgan fingerprint density at radius 1 is 1.40 bits per heavy atom. The number of rotatable bonds is 2. The van der Waals surface area contributed by atoms with Gasteiger partial charge in [0.05, 0.1) is 13.2 Å². The van der Waals surface area contributed by atoms with Crippen LogP contribution in [0.3, 0.4) is 0 Å². The number of ether oxygens (including phenoxy) is 1. The number of aliphatic hydroxyl groups excluding tert-OH is 1. The molecule has 20 heavy (non-hydrogen) atoms. The summed E-state index contributed by atoms with van der Waals surface area (Å²) < 4.78 is 4.64. The lowest BCUT2D eigenvalue weighted by atomic mass is 10.1. The zero-order valence-electron chi connectivity index (χ0n) is 11.4. The maximum atomic E-state index is 12.4. The number of β-amino-alcohol motifs (C(OH)–C–C–N with tert-alkyl or cyclic N) is 1. The van der Waals surface area contributed by atoms with Crippen molar-refractivity contribution in [1.82, 2.24) is 9.91 Å². The normalized spacial score (nSPS) is 26.6. The smallest absolute Gasteiger partial charge is 0.328 e. The van der Waals surface area contributed by atoms with Crippen molar-refractivity contribution in [2.24, 2.45) is 5.10 Å². The molecule has 2 heterocycles. The van der Waals surface area contributed by atoms with Crippen LogP contribution in [0.1, 0.15) is 19.3 Å². The summed E-state index contributed by atoms with van der Waals surface area (Å²) in [5.41, 5.74) is 0.218. The third kappa shape index (κ3) is 2.64. The van der Waals surface area contributed by atoms with E-state index in [9.17, 15) is 19.5 Å². The first-order valence-electron chi connectivity index (χ1n) is 6.35. The van der Waals surface area contributed by atoms with Gasteiger partial charge in [-0.3, -0.25) is 9.59 Å². The van der Waals surface area contributed by atoms with Crippen LogP contribution in [0.4, 0.5) is 0 Å². The summed E-state index contributed by atoms with van der Waals surface area (Å²) in [6.45, 7) is 0.0648. The molecule has 0 radical (unpaired) electrons. The lowest BCUT2D eigenvalue weighted by molar-refractivity contribution is -0.149. The van der Waals surface area contributed by atoms with Crippen LogP contribution in [0.2, 0.25) is 0 Å². The van der Waals surface area contributed by atoms with E-state index in [1.54, 1.807) is 0 Å². The Hall–Kier alpha value is -1.96. The van der Waals surface area contributed by atoms with Crippen molar-refractivity contribution < 1.29 is 24.2 Å². The molecule has 2 unspecified atom stereocenters. The molecule has 2 aliphatic heterocycles. The van der Waals surface area contributed by atoms with E-state index < -0.39 is 24.0 Å². The van der Waals surface area contributed by atoms with E-state index in [1.165, 1.54) is 19.1 Å². The molecule has 1 saturated heterocycles. The lowest BCUT2D eigenvalue weighted by Crippen LogP contribution is -2.46. The summed E-state index contributed by atoms with van der Waals surface area (Å²) in [5, 5.41) is 14.7. The van der Waals surface area contributed by atoms with Gasteiger partial charge < -0.3 is 14.7 Å². The fraction of sp³-hybridized carbons (Fsp3) is 0.667. The molecule has 2 rings (SSSR count). The van der Waals surface area contributed by atoms with Crippen molar-refractivity contribution in [3.63, 3.8) is 0 Å². The summed E-state index contributed by atoms with van der Waals surface area (Å²) in [4.78, 5) is 36.6. The fourth-order valence-electron chi connectivity index (χ4n) is 2.39. The Morgan fingerprint density at radius 2 is 2.10 bits per heavy atom. The lowest BCUT2D eigenvalue weighted by Gasteiger charge is -2.25. The number of likely N-dealkylation sites (tertiary alicyclic amines) is 1. The van der Waals surface area contributed by atoms with Gasteiger partial charge in [0, 0.05) is 32.9 Å². The van der Waals surface area contributed by atoms with Gasteiger partial charge in [-0.05, 0) is 0 Å². The van der Waals surface area contributed by atoms with Crippen molar-refractivity contribution in [2.45, 2.75) is 31.4 Å². The second kappa shape index (κ2) is 5.58. The minimum atomic E-state index is -0.798. The van der Waals surface area contributed by atoms with E-state index in [4.69, 9.17) is 0 Å². The maximum Gasteiger partial charge on any atom is 0.328 e. The maximum absolute atomic E-state index is 12.4. The van der Waals surface area contributed by atoms with E-state index in [-0.39, 0.29) is 37.4 Å². The molecule has 0 spiro atoms. The van der Waals surface area contributed by atoms with Crippen LogP contribution in [-0.2, 0) is 19.1 Å². The first-order chi connectivity index (χ1) is 9.43. The van der Waals surface area contributed by atoms with Crippen LogP contribution >= 0.6 is 0 Å². The van der Waals surface area contributed by atoms with Crippen LogP contribution in [0.15, 0.2) is 5.10 Å². The SMILES string of the molecule is COC(=O)C1CC(O)CN1C(=O)C1=NN(C)C(=O)CC1. The van der Waals surface area contributed by atoms with E-state index in [1.807, 2.05) is 0 Å². The molecule has 8 heteroatoms. The highest BCUT2D eigenvalue weighted by atomic mass is 16.5. The Labute approximate surface area is 116 Å². The Morgan fingerprint density at radius 3 is 2.70 bits per heavy atom. The predicted octanol–water partition coefficient (Wildman–Crippen LogP) is -1.27. The highest BCUT2D eigenvalue weighted by Gasteiger charge is 2.41. The highest BCUT2D eigenvalue weighted by Crippen LogP contribution is 2.21. The van der Waals surface area contributed by atoms with Crippen molar-refractivity contribution in [3.8, 4) is 0 Å². The number of carbonyl (C=O) groups is 3. The number of hydrogen-bond donors (Lipinski definition) is 1. The van der Waals surface area contributed by atoms with Gasteiger partial charge in [-0.1, -0.05) is 0 Å². The molecule has 1 N–H and O–H groups in total. The molecule has 2 aliphatic rings. The van der Waals surface area contributed by atoms with Crippen molar-refractivity contribution in [3.05, 3.63) is 0 Å². The van der Waals surface area contributed by atoms with Crippen LogP contribution in [0.25, 0.3) is 0 Å². The first kappa shape index (κ1) is 14.4. The number of methoxy groups -OCH3 is 1.